The first-order chi connectivity index (χ1) is 10.2. The third-order valence-corrected chi connectivity index (χ3v) is 3.49. The van der Waals surface area contributed by atoms with Gasteiger partial charge in [0.15, 0.2) is 0 Å². The highest BCUT2D eigenvalue weighted by Crippen LogP contribution is 2.19. The zero-order chi connectivity index (χ0) is 15.2. The molecule has 1 heterocycles. The van der Waals surface area contributed by atoms with Crippen LogP contribution in [0, 0.1) is 18.3 Å². The van der Waals surface area contributed by atoms with Crippen molar-refractivity contribution in [3.05, 3.63) is 53.2 Å². The SMILES string of the molecule is COc1ccccc1CCN(C)c1ccc(C)c(C#N)n1. The lowest BCUT2D eigenvalue weighted by molar-refractivity contribution is 0.409. The zero-order valence-corrected chi connectivity index (χ0v) is 12.6. The van der Waals surface area contributed by atoms with Gasteiger partial charge in [-0.1, -0.05) is 24.3 Å². The Hall–Kier alpha value is -2.54. The Morgan fingerprint density at radius 3 is 2.71 bits per heavy atom. The average molecular weight is 281 g/mol. The number of nitriles is 1. The molecule has 0 saturated heterocycles. The molecular weight excluding hydrogens is 262 g/mol. The molecule has 0 aliphatic heterocycles. The summed E-state index contributed by atoms with van der Waals surface area (Å²) >= 11 is 0. The molecule has 0 fully saturated rings. The van der Waals surface area contributed by atoms with E-state index in [1.807, 2.05) is 49.2 Å². The third-order valence-electron chi connectivity index (χ3n) is 3.49. The first kappa shape index (κ1) is 14.9. The number of methoxy groups -OCH3 is 1. The number of anilines is 1. The number of hydrogen-bond donors (Lipinski definition) is 0. The maximum Gasteiger partial charge on any atom is 0.145 e. The van der Waals surface area contributed by atoms with Gasteiger partial charge in [0.05, 0.1) is 7.11 Å². The molecule has 0 radical (unpaired) electrons. The van der Waals surface area contributed by atoms with Crippen LogP contribution in [0.1, 0.15) is 16.8 Å². The fraction of sp³-hybridized carbons (Fsp3) is 0.294. The summed E-state index contributed by atoms with van der Waals surface area (Å²) in [6.45, 7) is 2.70. The van der Waals surface area contributed by atoms with Crippen molar-refractivity contribution in [2.45, 2.75) is 13.3 Å². The second kappa shape index (κ2) is 6.76. The molecule has 0 atom stereocenters. The molecular formula is C17H19N3O. The molecule has 1 aromatic heterocycles. The van der Waals surface area contributed by atoms with E-state index in [0.29, 0.717) is 5.69 Å². The van der Waals surface area contributed by atoms with Crippen molar-refractivity contribution in [3.63, 3.8) is 0 Å². The van der Waals surface area contributed by atoms with Crippen LogP contribution in [0.2, 0.25) is 0 Å². The maximum atomic E-state index is 9.05. The van der Waals surface area contributed by atoms with E-state index in [4.69, 9.17) is 10.00 Å². The molecule has 0 amide bonds. The number of benzene rings is 1. The minimum atomic E-state index is 0.483. The van der Waals surface area contributed by atoms with Crippen LogP contribution < -0.4 is 9.64 Å². The van der Waals surface area contributed by atoms with Crippen LogP contribution in [0.4, 0.5) is 5.82 Å². The van der Waals surface area contributed by atoms with E-state index in [-0.39, 0.29) is 0 Å². The lowest BCUT2D eigenvalue weighted by Gasteiger charge is -2.19. The molecule has 4 heteroatoms. The zero-order valence-electron chi connectivity index (χ0n) is 12.6. The van der Waals surface area contributed by atoms with Crippen molar-refractivity contribution < 1.29 is 4.74 Å². The fourth-order valence-corrected chi connectivity index (χ4v) is 2.16. The molecule has 108 valence electrons. The molecule has 4 nitrogen and oxygen atoms in total. The number of aryl methyl sites for hydroxylation is 1. The van der Waals surface area contributed by atoms with E-state index in [2.05, 4.69) is 17.1 Å². The predicted octanol–water partition coefficient (Wildman–Crippen LogP) is 2.95. The number of nitrogens with zero attached hydrogens (tertiary/aromatic N) is 3. The minimum Gasteiger partial charge on any atom is -0.496 e. The summed E-state index contributed by atoms with van der Waals surface area (Å²) in [7, 11) is 3.66. The molecule has 0 aliphatic rings. The molecule has 21 heavy (non-hydrogen) atoms. The molecule has 0 N–H and O–H groups in total. The number of aromatic nitrogens is 1. The number of hydrogen-bond acceptors (Lipinski definition) is 4. The fourth-order valence-electron chi connectivity index (χ4n) is 2.16. The van der Waals surface area contributed by atoms with Crippen LogP contribution in [-0.2, 0) is 6.42 Å². The van der Waals surface area contributed by atoms with Crippen LogP contribution in [0.15, 0.2) is 36.4 Å². The number of pyridine rings is 1. The van der Waals surface area contributed by atoms with Crippen molar-refractivity contribution in [1.29, 1.82) is 5.26 Å². The smallest absolute Gasteiger partial charge is 0.145 e. The molecule has 0 spiro atoms. The second-order valence-corrected chi connectivity index (χ2v) is 4.93. The standard InChI is InChI=1S/C17H19N3O/c1-13-8-9-17(19-15(13)12-18)20(2)11-10-14-6-4-5-7-16(14)21-3/h4-9H,10-11H2,1-3H3. The molecule has 0 unspecified atom stereocenters. The highest BCUT2D eigenvalue weighted by molar-refractivity contribution is 5.44. The van der Waals surface area contributed by atoms with Gasteiger partial charge >= 0.3 is 0 Å². The Morgan fingerprint density at radius 2 is 2.00 bits per heavy atom. The maximum absolute atomic E-state index is 9.05. The van der Waals surface area contributed by atoms with E-state index in [9.17, 15) is 0 Å². The van der Waals surface area contributed by atoms with Gasteiger partial charge in [0, 0.05) is 13.6 Å². The van der Waals surface area contributed by atoms with E-state index in [1.165, 1.54) is 5.56 Å². The van der Waals surface area contributed by atoms with Crippen LogP contribution in [0.25, 0.3) is 0 Å². The van der Waals surface area contributed by atoms with Gasteiger partial charge in [0.2, 0.25) is 0 Å². The van der Waals surface area contributed by atoms with Crippen molar-refractivity contribution in [2.75, 3.05) is 25.6 Å². The summed E-state index contributed by atoms with van der Waals surface area (Å²) < 4.78 is 5.36. The van der Waals surface area contributed by atoms with E-state index in [1.54, 1.807) is 7.11 Å². The molecule has 2 aromatic rings. The normalized spacial score (nSPS) is 10.0. The Bertz CT molecular complexity index is 661. The molecule has 1 aromatic carbocycles. The number of para-hydroxylation sites is 1. The lowest BCUT2D eigenvalue weighted by atomic mass is 10.1. The van der Waals surface area contributed by atoms with Gasteiger partial charge in [-0.2, -0.15) is 5.26 Å². The number of likely N-dealkylation sites (N-methyl/N-ethyl adjacent to an activating group) is 1. The third kappa shape index (κ3) is 3.51. The van der Waals surface area contributed by atoms with Gasteiger partial charge in [0.25, 0.3) is 0 Å². The first-order valence-corrected chi connectivity index (χ1v) is 6.86. The monoisotopic (exact) mass is 281 g/mol. The van der Waals surface area contributed by atoms with E-state index < -0.39 is 0 Å². The molecule has 2 rings (SSSR count). The minimum absolute atomic E-state index is 0.483. The summed E-state index contributed by atoms with van der Waals surface area (Å²) in [6.07, 6.45) is 0.859. The Morgan fingerprint density at radius 1 is 1.24 bits per heavy atom. The van der Waals surface area contributed by atoms with Crippen molar-refractivity contribution >= 4 is 5.82 Å². The van der Waals surface area contributed by atoms with Gasteiger partial charge in [-0.3, -0.25) is 0 Å². The Kier molecular flexibility index (Phi) is 4.78. The van der Waals surface area contributed by atoms with Crippen LogP contribution in [0.3, 0.4) is 0 Å². The summed E-state index contributed by atoms with van der Waals surface area (Å²) in [5, 5.41) is 9.05. The van der Waals surface area contributed by atoms with Crippen molar-refractivity contribution in [3.8, 4) is 11.8 Å². The van der Waals surface area contributed by atoms with E-state index in [0.717, 1.165) is 30.1 Å². The van der Waals surface area contributed by atoms with Crippen LogP contribution in [0.5, 0.6) is 5.75 Å². The predicted molar refractivity (Wildman–Crippen MR) is 83.7 cm³/mol. The topological polar surface area (TPSA) is 49.1 Å². The second-order valence-electron chi connectivity index (χ2n) is 4.93. The number of ether oxygens (including phenoxy) is 1. The van der Waals surface area contributed by atoms with E-state index >= 15 is 0 Å². The highest BCUT2D eigenvalue weighted by Gasteiger charge is 2.08. The molecule has 0 saturated carbocycles. The van der Waals surface area contributed by atoms with Gasteiger partial charge in [0.1, 0.15) is 23.3 Å². The summed E-state index contributed by atoms with van der Waals surface area (Å²) in [4.78, 5) is 6.43. The highest BCUT2D eigenvalue weighted by atomic mass is 16.5. The molecule has 0 bridgehead atoms. The lowest BCUT2D eigenvalue weighted by Crippen LogP contribution is -2.22. The Balaban J connectivity index is 2.08. The summed E-state index contributed by atoms with van der Waals surface area (Å²) in [5.74, 6) is 1.72. The Labute approximate surface area is 125 Å². The van der Waals surface area contributed by atoms with Gasteiger partial charge in [-0.05, 0) is 36.6 Å². The number of rotatable bonds is 5. The van der Waals surface area contributed by atoms with Gasteiger partial charge in [-0.25, -0.2) is 4.98 Å². The van der Waals surface area contributed by atoms with Crippen LogP contribution in [-0.4, -0.2) is 25.7 Å². The average Bonchev–Trinajstić information content (AvgIpc) is 2.53. The first-order valence-electron chi connectivity index (χ1n) is 6.86. The van der Waals surface area contributed by atoms with Crippen molar-refractivity contribution in [2.24, 2.45) is 0 Å². The summed E-state index contributed by atoms with van der Waals surface area (Å²) in [6, 6.07) is 14.0. The van der Waals surface area contributed by atoms with Gasteiger partial charge in [-0.15, -0.1) is 0 Å². The summed E-state index contributed by atoms with van der Waals surface area (Å²) in [5.41, 5.74) is 2.55. The van der Waals surface area contributed by atoms with Gasteiger partial charge < -0.3 is 9.64 Å². The molecule has 0 aliphatic carbocycles. The quantitative estimate of drug-likeness (QED) is 0.845. The van der Waals surface area contributed by atoms with Crippen LogP contribution >= 0.6 is 0 Å². The van der Waals surface area contributed by atoms with Crippen molar-refractivity contribution in [1.82, 2.24) is 4.98 Å². The largest absolute Gasteiger partial charge is 0.496 e.